The Morgan fingerprint density at radius 2 is 2.21 bits per heavy atom. The van der Waals surface area contributed by atoms with Gasteiger partial charge >= 0.3 is 0 Å². The van der Waals surface area contributed by atoms with Crippen molar-refractivity contribution >= 4 is 21.6 Å². The van der Waals surface area contributed by atoms with Gasteiger partial charge in [0.15, 0.2) is 0 Å². The standard InChI is InChI=1S/C15H19N3S/c1-2-12(15-14(3-1)19-10-17-15)8-16-13-9-18-6-4-11(13)5-7-18/h1-3,10-11,13,16H,4-9H2/t13-/m1/s1. The minimum Gasteiger partial charge on any atom is -0.308 e. The molecule has 1 aromatic heterocycles. The Bertz CT molecular complexity index is 572. The molecule has 0 unspecified atom stereocenters. The molecule has 3 aliphatic rings. The summed E-state index contributed by atoms with van der Waals surface area (Å²) in [6.45, 7) is 4.81. The fourth-order valence-corrected chi connectivity index (χ4v) is 4.25. The topological polar surface area (TPSA) is 28.2 Å². The van der Waals surface area contributed by atoms with E-state index in [1.165, 1.54) is 48.3 Å². The average Bonchev–Trinajstić information content (AvgIpc) is 2.95. The van der Waals surface area contributed by atoms with Crippen LogP contribution in [-0.4, -0.2) is 35.6 Å². The van der Waals surface area contributed by atoms with Gasteiger partial charge in [-0.25, -0.2) is 4.98 Å². The lowest BCUT2D eigenvalue weighted by atomic mass is 9.84. The number of nitrogens with zero attached hydrogens (tertiary/aromatic N) is 2. The number of hydrogen-bond donors (Lipinski definition) is 1. The second-order valence-electron chi connectivity index (χ2n) is 5.74. The molecule has 3 saturated heterocycles. The van der Waals surface area contributed by atoms with E-state index in [0.717, 1.165) is 12.5 Å². The number of thiazole rings is 1. The molecule has 100 valence electrons. The smallest absolute Gasteiger partial charge is 0.0856 e. The van der Waals surface area contributed by atoms with Crippen LogP contribution in [0.3, 0.4) is 0 Å². The highest BCUT2D eigenvalue weighted by Crippen LogP contribution is 2.28. The molecule has 4 heterocycles. The number of para-hydroxylation sites is 1. The molecule has 3 nitrogen and oxygen atoms in total. The van der Waals surface area contributed by atoms with Crippen molar-refractivity contribution in [1.29, 1.82) is 0 Å². The first-order valence-electron chi connectivity index (χ1n) is 7.17. The van der Waals surface area contributed by atoms with Crippen LogP contribution in [0.1, 0.15) is 18.4 Å². The van der Waals surface area contributed by atoms with Crippen LogP contribution >= 0.6 is 11.3 Å². The Labute approximate surface area is 117 Å². The van der Waals surface area contributed by atoms with Gasteiger partial charge in [0, 0.05) is 19.1 Å². The summed E-state index contributed by atoms with van der Waals surface area (Å²) < 4.78 is 1.30. The van der Waals surface area contributed by atoms with Gasteiger partial charge in [-0.3, -0.25) is 0 Å². The number of aromatic nitrogens is 1. The van der Waals surface area contributed by atoms with E-state index in [0.29, 0.717) is 6.04 Å². The van der Waals surface area contributed by atoms with Crippen molar-refractivity contribution in [2.24, 2.45) is 5.92 Å². The molecule has 0 aliphatic carbocycles. The molecule has 3 aliphatic heterocycles. The Balaban J connectivity index is 1.49. The Morgan fingerprint density at radius 1 is 1.32 bits per heavy atom. The SMILES string of the molecule is c1cc(CN[C@@H]2CN3CCC2CC3)c2ncsc2c1. The zero-order chi connectivity index (χ0) is 12.7. The highest BCUT2D eigenvalue weighted by molar-refractivity contribution is 7.16. The normalized spacial score (nSPS) is 30.0. The molecule has 4 heteroatoms. The molecule has 0 amide bonds. The van der Waals surface area contributed by atoms with E-state index >= 15 is 0 Å². The van der Waals surface area contributed by atoms with Crippen molar-refractivity contribution in [3.63, 3.8) is 0 Å². The lowest BCUT2D eigenvalue weighted by molar-refractivity contribution is 0.0720. The van der Waals surface area contributed by atoms with Crippen LogP contribution in [0.2, 0.25) is 0 Å². The van der Waals surface area contributed by atoms with E-state index in [9.17, 15) is 0 Å². The van der Waals surface area contributed by atoms with Crippen molar-refractivity contribution < 1.29 is 0 Å². The molecule has 0 spiro atoms. The van der Waals surface area contributed by atoms with Gasteiger partial charge < -0.3 is 10.2 Å². The maximum Gasteiger partial charge on any atom is 0.0856 e. The highest BCUT2D eigenvalue weighted by Gasteiger charge is 2.33. The zero-order valence-corrected chi connectivity index (χ0v) is 11.8. The molecule has 0 saturated carbocycles. The second-order valence-corrected chi connectivity index (χ2v) is 6.63. The minimum absolute atomic E-state index is 0.677. The molecule has 19 heavy (non-hydrogen) atoms. The van der Waals surface area contributed by atoms with Gasteiger partial charge in [-0.15, -0.1) is 11.3 Å². The quantitative estimate of drug-likeness (QED) is 0.931. The fraction of sp³-hybridized carbons (Fsp3) is 0.533. The van der Waals surface area contributed by atoms with Crippen LogP contribution in [0, 0.1) is 5.92 Å². The monoisotopic (exact) mass is 273 g/mol. The van der Waals surface area contributed by atoms with Crippen molar-refractivity contribution in [3.8, 4) is 0 Å². The van der Waals surface area contributed by atoms with E-state index in [4.69, 9.17) is 0 Å². The van der Waals surface area contributed by atoms with Crippen molar-refractivity contribution in [2.75, 3.05) is 19.6 Å². The third-order valence-corrected chi connectivity index (χ3v) is 5.45. The van der Waals surface area contributed by atoms with Gasteiger partial charge in [0.25, 0.3) is 0 Å². The predicted molar refractivity (Wildman–Crippen MR) is 79.4 cm³/mol. The first-order valence-corrected chi connectivity index (χ1v) is 8.05. The number of rotatable bonds is 3. The van der Waals surface area contributed by atoms with Gasteiger partial charge in [0.1, 0.15) is 0 Å². The number of fused-ring (bicyclic) bond motifs is 4. The third kappa shape index (κ3) is 2.18. The Morgan fingerprint density at radius 3 is 3.00 bits per heavy atom. The summed E-state index contributed by atoms with van der Waals surface area (Å²) in [6, 6.07) is 7.19. The summed E-state index contributed by atoms with van der Waals surface area (Å²) in [7, 11) is 0. The third-order valence-electron chi connectivity index (χ3n) is 4.65. The second kappa shape index (κ2) is 4.85. The van der Waals surface area contributed by atoms with E-state index < -0.39 is 0 Å². The maximum atomic E-state index is 4.50. The molecular weight excluding hydrogens is 254 g/mol. The van der Waals surface area contributed by atoms with Crippen LogP contribution < -0.4 is 5.32 Å². The van der Waals surface area contributed by atoms with Gasteiger partial charge in [-0.1, -0.05) is 12.1 Å². The summed E-state index contributed by atoms with van der Waals surface area (Å²) in [5.41, 5.74) is 4.47. The van der Waals surface area contributed by atoms with E-state index in [1.807, 2.05) is 5.51 Å². The Kier molecular flexibility index (Phi) is 3.02. The van der Waals surface area contributed by atoms with Crippen molar-refractivity contribution in [3.05, 3.63) is 29.3 Å². The van der Waals surface area contributed by atoms with Crippen LogP contribution in [0.4, 0.5) is 0 Å². The van der Waals surface area contributed by atoms with E-state index in [-0.39, 0.29) is 0 Å². The number of benzene rings is 1. The highest BCUT2D eigenvalue weighted by atomic mass is 32.1. The molecule has 2 bridgehead atoms. The van der Waals surface area contributed by atoms with Crippen molar-refractivity contribution in [2.45, 2.75) is 25.4 Å². The summed E-state index contributed by atoms with van der Waals surface area (Å²) in [5, 5.41) is 3.77. The fourth-order valence-electron chi connectivity index (χ4n) is 3.53. The summed E-state index contributed by atoms with van der Waals surface area (Å²) in [5.74, 6) is 0.889. The average molecular weight is 273 g/mol. The number of hydrogen-bond acceptors (Lipinski definition) is 4. The summed E-state index contributed by atoms with van der Waals surface area (Å²) >= 11 is 1.73. The van der Waals surface area contributed by atoms with Crippen LogP contribution in [0.15, 0.2) is 23.7 Å². The molecule has 5 rings (SSSR count). The molecule has 0 radical (unpaired) electrons. The van der Waals surface area contributed by atoms with Gasteiger partial charge in [0.05, 0.1) is 15.7 Å². The lowest BCUT2D eigenvalue weighted by Gasteiger charge is -2.45. The number of piperidine rings is 3. The summed E-state index contributed by atoms with van der Waals surface area (Å²) in [4.78, 5) is 7.10. The molecule has 1 atom stereocenters. The zero-order valence-electron chi connectivity index (χ0n) is 11.0. The minimum atomic E-state index is 0.677. The first kappa shape index (κ1) is 11.8. The van der Waals surface area contributed by atoms with Gasteiger partial charge in [0.2, 0.25) is 0 Å². The van der Waals surface area contributed by atoms with Crippen LogP contribution in [-0.2, 0) is 6.54 Å². The molecule has 1 aromatic carbocycles. The Hall–Kier alpha value is -0.970. The van der Waals surface area contributed by atoms with E-state index in [1.54, 1.807) is 11.3 Å². The van der Waals surface area contributed by atoms with E-state index in [2.05, 4.69) is 33.4 Å². The molecule has 1 N–H and O–H groups in total. The maximum absolute atomic E-state index is 4.50. The number of nitrogens with one attached hydrogen (secondary N) is 1. The molecule has 2 aromatic rings. The summed E-state index contributed by atoms with van der Waals surface area (Å²) in [6.07, 6.45) is 2.75. The largest absolute Gasteiger partial charge is 0.308 e. The lowest BCUT2D eigenvalue weighted by Crippen LogP contribution is -2.55. The molecule has 3 fully saturated rings. The van der Waals surface area contributed by atoms with Crippen LogP contribution in [0.5, 0.6) is 0 Å². The van der Waals surface area contributed by atoms with Gasteiger partial charge in [-0.05, 0) is 43.5 Å². The first-order chi connectivity index (χ1) is 9.40. The van der Waals surface area contributed by atoms with Crippen molar-refractivity contribution in [1.82, 2.24) is 15.2 Å². The molecular formula is C15H19N3S. The van der Waals surface area contributed by atoms with Crippen LogP contribution in [0.25, 0.3) is 10.2 Å². The van der Waals surface area contributed by atoms with Gasteiger partial charge in [-0.2, -0.15) is 0 Å². The predicted octanol–water partition coefficient (Wildman–Crippen LogP) is 2.48.